The molecule has 0 aromatic heterocycles. The lowest BCUT2D eigenvalue weighted by atomic mass is 10.0. The summed E-state index contributed by atoms with van der Waals surface area (Å²) in [5.41, 5.74) is 1.51. The maximum absolute atomic E-state index is 12.1. The van der Waals surface area contributed by atoms with Crippen LogP contribution >= 0.6 is 11.6 Å². The Kier molecular flexibility index (Phi) is 4.66. The van der Waals surface area contributed by atoms with E-state index in [0.29, 0.717) is 16.6 Å². The lowest BCUT2D eigenvalue weighted by Crippen LogP contribution is -2.36. The standard InChI is InChI=1S/C14H20ClN3O/c1-18(2)14(19)12-4-3-10(15)9-13(12)17-11-5-7-16-8-6-11/h3-4,9,11,16-17H,5-8H2,1-2H3. The molecule has 0 atom stereocenters. The number of carbonyl (C=O) groups excluding carboxylic acids is 1. The van der Waals surface area contributed by atoms with Crippen LogP contribution in [-0.4, -0.2) is 44.0 Å². The predicted octanol–water partition coefficient (Wildman–Crippen LogP) is 2.21. The molecule has 1 fully saturated rings. The molecule has 1 aliphatic rings. The maximum atomic E-state index is 12.1. The molecule has 1 aliphatic heterocycles. The molecule has 0 unspecified atom stereocenters. The highest BCUT2D eigenvalue weighted by Gasteiger charge is 2.18. The van der Waals surface area contributed by atoms with Crippen molar-refractivity contribution in [3.8, 4) is 0 Å². The molecule has 0 saturated carbocycles. The molecule has 104 valence electrons. The van der Waals surface area contributed by atoms with Crippen LogP contribution in [0.4, 0.5) is 5.69 Å². The quantitative estimate of drug-likeness (QED) is 0.893. The summed E-state index contributed by atoms with van der Waals surface area (Å²) in [5, 5.41) is 7.43. The van der Waals surface area contributed by atoms with Gasteiger partial charge < -0.3 is 15.5 Å². The van der Waals surface area contributed by atoms with Gasteiger partial charge in [0.05, 0.1) is 5.56 Å². The number of benzene rings is 1. The van der Waals surface area contributed by atoms with Gasteiger partial charge in [0.1, 0.15) is 0 Å². The average Bonchev–Trinajstić information content (AvgIpc) is 2.39. The first-order valence-electron chi connectivity index (χ1n) is 6.56. The summed E-state index contributed by atoms with van der Waals surface area (Å²) in [4.78, 5) is 13.7. The van der Waals surface area contributed by atoms with Gasteiger partial charge in [-0.05, 0) is 44.1 Å². The van der Waals surface area contributed by atoms with Crippen LogP contribution < -0.4 is 10.6 Å². The third kappa shape index (κ3) is 3.61. The van der Waals surface area contributed by atoms with E-state index in [4.69, 9.17) is 11.6 Å². The molecule has 0 aliphatic carbocycles. The Hall–Kier alpha value is -1.26. The molecule has 1 heterocycles. The molecule has 1 aromatic rings. The minimum atomic E-state index is -0.00639. The van der Waals surface area contributed by atoms with Crippen molar-refractivity contribution in [1.29, 1.82) is 0 Å². The molecule has 1 amide bonds. The van der Waals surface area contributed by atoms with E-state index in [1.807, 2.05) is 6.07 Å². The number of amides is 1. The van der Waals surface area contributed by atoms with Gasteiger partial charge >= 0.3 is 0 Å². The summed E-state index contributed by atoms with van der Waals surface area (Å²) >= 11 is 6.04. The second kappa shape index (κ2) is 6.26. The lowest BCUT2D eigenvalue weighted by Gasteiger charge is -2.26. The summed E-state index contributed by atoms with van der Waals surface area (Å²) < 4.78 is 0. The molecule has 0 bridgehead atoms. The first kappa shape index (κ1) is 14.2. The molecule has 0 radical (unpaired) electrons. The van der Waals surface area contributed by atoms with Crippen molar-refractivity contribution >= 4 is 23.2 Å². The number of nitrogens with one attached hydrogen (secondary N) is 2. The average molecular weight is 282 g/mol. The highest BCUT2D eigenvalue weighted by molar-refractivity contribution is 6.31. The third-order valence-corrected chi connectivity index (χ3v) is 3.55. The molecule has 4 nitrogen and oxygen atoms in total. The van der Waals surface area contributed by atoms with Gasteiger partial charge in [0.15, 0.2) is 0 Å². The zero-order valence-corrected chi connectivity index (χ0v) is 12.1. The van der Waals surface area contributed by atoms with E-state index >= 15 is 0 Å². The topological polar surface area (TPSA) is 44.4 Å². The summed E-state index contributed by atoms with van der Waals surface area (Å²) in [6, 6.07) is 5.77. The largest absolute Gasteiger partial charge is 0.382 e. The van der Waals surface area contributed by atoms with Crippen LogP contribution in [0.1, 0.15) is 23.2 Å². The molecule has 2 rings (SSSR count). The zero-order chi connectivity index (χ0) is 13.8. The first-order valence-corrected chi connectivity index (χ1v) is 6.94. The number of piperidine rings is 1. The van der Waals surface area contributed by atoms with Gasteiger partial charge in [-0.1, -0.05) is 11.6 Å². The second-order valence-electron chi connectivity index (χ2n) is 5.06. The normalized spacial score (nSPS) is 16.2. The number of halogens is 1. The van der Waals surface area contributed by atoms with Crippen molar-refractivity contribution in [2.75, 3.05) is 32.5 Å². The Labute approximate surface area is 119 Å². The van der Waals surface area contributed by atoms with Crippen LogP contribution in [0.5, 0.6) is 0 Å². The Morgan fingerprint density at radius 3 is 2.68 bits per heavy atom. The molecule has 0 spiro atoms. The minimum Gasteiger partial charge on any atom is -0.382 e. The van der Waals surface area contributed by atoms with E-state index in [1.54, 1.807) is 31.1 Å². The summed E-state index contributed by atoms with van der Waals surface area (Å²) in [5.74, 6) is -0.00639. The Morgan fingerprint density at radius 1 is 1.37 bits per heavy atom. The molecule has 2 N–H and O–H groups in total. The second-order valence-corrected chi connectivity index (χ2v) is 5.49. The molecule has 1 saturated heterocycles. The van der Waals surface area contributed by atoms with E-state index in [2.05, 4.69) is 10.6 Å². The molecule has 19 heavy (non-hydrogen) atoms. The van der Waals surface area contributed by atoms with Gasteiger partial charge in [-0.3, -0.25) is 4.79 Å². The number of anilines is 1. The van der Waals surface area contributed by atoms with E-state index in [9.17, 15) is 4.79 Å². The van der Waals surface area contributed by atoms with E-state index in [0.717, 1.165) is 31.6 Å². The Morgan fingerprint density at radius 2 is 2.05 bits per heavy atom. The first-order chi connectivity index (χ1) is 9.08. The fraction of sp³-hybridized carbons (Fsp3) is 0.500. The number of hydrogen-bond acceptors (Lipinski definition) is 3. The van der Waals surface area contributed by atoms with Gasteiger partial charge in [0.2, 0.25) is 0 Å². The van der Waals surface area contributed by atoms with Gasteiger partial charge in [0, 0.05) is 30.8 Å². The highest BCUT2D eigenvalue weighted by atomic mass is 35.5. The minimum absolute atomic E-state index is 0.00639. The SMILES string of the molecule is CN(C)C(=O)c1ccc(Cl)cc1NC1CCNCC1. The zero-order valence-electron chi connectivity index (χ0n) is 11.4. The van der Waals surface area contributed by atoms with Crippen LogP contribution in [0.3, 0.4) is 0 Å². The number of carbonyl (C=O) groups is 1. The van der Waals surface area contributed by atoms with Crippen LogP contribution in [0.25, 0.3) is 0 Å². The van der Waals surface area contributed by atoms with Crippen molar-refractivity contribution in [3.63, 3.8) is 0 Å². The van der Waals surface area contributed by atoms with Crippen LogP contribution in [0.2, 0.25) is 5.02 Å². The van der Waals surface area contributed by atoms with Gasteiger partial charge in [-0.25, -0.2) is 0 Å². The summed E-state index contributed by atoms with van der Waals surface area (Å²) in [6.45, 7) is 2.02. The monoisotopic (exact) mass is 281 g/mol. The third-order valence-electron chi connectivity index (χ3n) is 3.32. The van der Waals surface area contributed by atoms with E-state index in [1.165, 1.54) is 0 Å². The molecule has 5 heteroatoms. The number of nitrogens with zero attached hydrogens (tertiary/aromatic N) is 1. The Balaban J connectivity index is 2.21. The van der Waals surface area contributed by atoms with Gasteiger partial charge in [0.25, 0.3) is 5.91 Å². The van der Waals surface area contributed by atoms with Gasteiger partial charge in [-0.15, -0.1) is 0 Å². The van der Waals surface area contributed by atoms with Crippen LogP contribution in [-0.2, 0) is 0 Å². The fourth-order valence-electron chi connectivity index (χ4n) is 2.25. The van der Waals surface area contributed by atoms with Crippen molar-refractivity contribution in [1.82, 2.24) is 10.2 Å². The van der Waals surface area contributed by atoms with Gasteiger partial charge in [-0.2, -0.15) is 0 Å². The van der Waals surface area contributed by atoms with E-state index < -0.39 is 0 Å². The van der Waals surface area contributed by atoms with Crippen molar-refractivity contribution in [3.05, 3.63) is 28.8 Å². The summed E-state index contributed by atoms with van der Waals surface area (Å²) in [6.07, 6.45) is 2.12. The van der Waals surface area contributed by atoms with Crippen molar-refractivity contribution in [2.24, 2.45) is 0 Å². The maximum Gasteiger partial charge on any atom is 0.255 e. The van der Waals surface area contributed by atoms with Crippen LogP contribution in [0.15, 0.2) is 18.2 Å². The molecular formula is C14H20ClN3O. The lowest BCUT2D eigenvalue weighted by molar-refractivity contribution is 0.0828. The molecule has 1 aromatic carbocycles. The van der Waals surface area contributed by atoms with Crippen LogP contribution in [0, 0.1) is 0 Å². The predicted molar refractivity (Wildman–Crippen MR) is 79.0 cm³/mol. The Bertz CT molecular complexity index is 456. The molecular weight excluding hydrogens is 262 g/mol. The van der Waals surface area contributed by atoms with Crippen molar-refractivity contribution < 1.29 is 4.79 Å². The van der Waals surface area contributed by atoms with Crippen molar-refractivity contribution in [2.45, 2.75) is 18.9 Å². The fourth-order valence-corrected chi connectivity index (χ4v) is 2.42. The number of hydrogen-bond donors (Lipinski definition) is 2. The van der Waals surface area contributed by atoms with E-state index in [-0.39, 0.29) is 5.91 Å². The smallest absolute Gasteiger partial charge is 0.255 e. The highest BCUT2D eigenvalue weighted by Crippen LogP contribution is 2.24. The summed E-state index contributed by atoms with van der Waals surface area (Å²) in [7, 11) is 3.51. The number of rotatable bonds is 3.